The van der Waals surface area contributed by atoms with Crippen LogP contribution in [-0.2, 0) is 4.74 Å². The first-order valence-electron chi connectivity index (χ1n) is 5.78. The van der Waals surface area contributed by atoms with Crippen LogP contribution >= 0.6 is 0 Å². The van der Waals surface area contributed by atoms with Gasteiger partial charge in [-0.15, -0.1) is 0 Å². The highest BCUT2D eigenvalue weighted by Crippen LogP contribution is 2.25. The maximum Gasteiger partial charge on any atom is 0.274 e. The SMILES string of the molecule is Cc1c(NCC2CCCO2)cccc1[N+](=O)[O-]. The molecule has 0 saturated carbocycles. The highest BCUT2D eigenvalue weighted by atomic mass is 16.6. The summed E-state index contributed by atoms with van der Waals surface area (Å²) < 4.78 is 5.50. The first-order valence-corrected chi connectivity index (χ1v) is 5.78. The number of nitro benzene ring substituents is 1. The fraction of sp³-hybridized carbons (Fsp3) is 0.500. The molecule has 1 aliphatic rings. The molecule has 1 N–H and O–H groups in total. The first kappa shape index (κ1) is 11.9. The van der Waals surface area contributed by atoms with Crippen molar-refractivity contribution in [1.29, 1.82) is 0 Å². The van der Waals surface area contributed by atoms with Crippen molar-refractivity contribution >= 4 is 11.4 Å². The molecule has 0 radical (unpaired) electrons. The molecule has 2 rings (SSSR count). The number of rotatable bonds is 4. The Morgan fingerprint density at radius 3 is 3.06 bits per heavy atom. The maximum absolute atomic E-state index is 10.8. The Balaban J connectivity index is 2.04. The zero-order valence-electron chi connectivity index (χ0n) is 9.81. The molecular weight excluding hydrogens is 220 g/mol. The van der Waals surface area contributed by atoms with Crippen molar-refractivity contribution in [2.24, 2.45) is 0 Å². The Morgan fingerprint density at radius 2 is 2.41 bits per heavy atom. The zero-order valence-corrected chi connectivity index (χ0v) is 9.81. The van der Waals surface area contributed by atoms with Gasteiger partial charge in [0.2, 0.25) is 0 Å². The van der Waals surface area contributed by atoms with E-state index in [1.807, 2.05) is 6.07 Å². The van der Waals surface area contributed by atoms with Crippen molar-refractivity contribution in [1.82, 2.24) is 0 Å². The second kappa shape index (κ2) is 5.14. The van der Waals surface area contributed by atoms with Gasteiger partial charge in [0.05, 0.1) is 11.0 Å². The van der Waals surface area contributed by atoms with Crippen LogP contribution in [0.5, 0.6) is 0 Å². The largest absolute Gasteiger partial charge is 0.382 e. The van der Waals surface area contributed by atoms with Gasteiger partial charge in [0.25, 0.3) is 5.69 Å². The van der Waals surface area contributed by atoms with Crippen LogP contribution in [0.15, 0.2) is 18.2 Å². The number of nitro groups is 1. The fourth-order valence-corrected chi connectivity index (χ4v) is 2.04. The summed E-state index contributed by atoms with van der Waals surface area (Å²) in [6.07, 6.45) is 2.38. The number of ether oxygens (including phenoxy) is 1. The molecule has 1 unspecified atom stereocenters. The highest BCUT2D eigenvalue weighted by molar-refractivity contribution is 5.59. The second-order valence-corrected chi connectivity index (χ2v) is 4.22. The molecule has 1 saturated heterocycles. The fourth-order valence-electron chi connectivity index (χ4n) is 2.04. The number of hydrogen-bond donors (Lipinski definition) is 1. The maximum atomic E-state index is 10.8. The minimum absolute atomic E-state index is 0.155. The third kappa shape index (κ3) is 2.74. The average molecular weight is 236 g/mol. The molecule has 0 bridgehead atoms. The van der Waals surface area contributed by atoms with Crippen molar-refractivity contribution in [3.05, 3.63) is 33.9 Å². The third-order valence-corrected chi connectivity index (χ3v) is 3.05. The molecule has 17 heavy (non-hydrogen) atoms. The van der Waals surface area contributed by atoms with Gasteiger partial charge in [0.1, 0.15) is 0 Å². The van der Waals surface area contributed by atoms with Crippen molar-refractivity contribution in [3.63, 3.8) is 0 Å². The Labute approximate surface area is 99.9 Å². The quantitative estimate of drug-likeness (QED) is 0.644. The van der Waals surface area contributed by atoms with Gasteiger partial charge in [-0.05, 0) is 25.8 Å². The lowest BCUT2D eigenvalue weighted by atomic mass is 10.1. The summed E-state index contributed by atoms with van der Waals surface area (Å²) >= 11 is 0. The lowest BCUT2D eigenvalue weighted by Crippen LogP contribution is -2.18. The Kier molecular flexibility index (Phi) is 3.58. The van der Waals surface area contributed by atoms with E-state index in [2.05, 4.69) is 5.32 Å². The van der Waals surface area contributed by atoms with E-state index in [1.165, 1.54) is 6.07 Å². The molecule has 1 aliphatic heterocycles. The van der Waals surface area contributed by atoms with E-state index in [1.54, 1.807) is 13.0 Å². The van der Waals surface area contributed by atoms with Gasteiger partial charge in [-0.2, -0.15) is 0 Å². The summed E-state index contributed by atoms with van der Waals surface area (Å²) in [6, 6.07) is 5.08. The summed E-state index contributed by atoms with van der Waals surface area (Å²) in [6.45, 7) is 3.29. The summed E-state index contributed by atoms with van der Waals surface area (Å²) in [5.41, 5.74) is 1.65. The monoisotopic (exact) mass is 236 g/mol. The van der Waals surface area contributed by atoms with Crippen LogP contribution in [0.2, 0.25) is 0 Å². The van der Waals surface area contributed by atoms with Gasteiger partial charge in [-0.1, -0.05) is 6.07 Å². The topological polar surface area (TPSA) is 64.4 Å². The average Bonchev–Trinajstić information content (AvgIpc) is 2.80. The van der Waals surface area contributed by atoms with E-state index < -0.39 is 0 Å². The van der Waals surface area contributed by atoms with E-state index in [0.717, 1.165) is 25.1 Å². The lowest BCUT2D eigenvalue weighted by molar-refractivity contribution is -0.385. The molecule has 0 spiro atoms. The van der Waals surface area contributed by atoms with Crippen LogP contribution in [0.3, 0.4) is 0 Å². The number of hydrogen-bond acceptors (Lipinski definition) is 4. The number of nitrogens with one attached hydrogen (secondary N) is 1. The van der Waals surface area contributed by atoms with E-state index in [4.69, 9.17) is 4.74 Å². The number of anilines is 1. The Bertz CT molecular complexity index is 414. The third-order valence-electron chi connectivity index (χ3n) is 3.05. The molecule has 5 nitrogen and oxygen atoms in total. The zero-order chi connectivity index (χ0) is 12.3. The van der Waals surface area contributed by atoms with Gasteiger partial charge in [0.15, 0.2) is 0 Å². The minimum atomic E-state index is -0.355. The van der Waals surface area contributed by atoms with E-state index in [9.17, 15) is 10.1 Å². The molecule has 0 aromatic heterocycles. The summed E-state index contributed by atoms with van der Waals surface area (Å²) in [4.78, 5) is 10.4. The van der Waals surface area contributed by atoms with E-state index >= 15 is 0 Å². The van der Waals surface area contributed by atoms with E-state index in [0.29, 0.717) is 12.1 Å². The van der Waals surface area contributed by atoms with Crippen LogP contribution in [0.4, 0.5) is 11.4 Å². The van der Waals surface area contributed by atoms with Gasteiger partial charge < -0.3 is 10.1 Å². The lowest BCUT2D eigenvalue weighted by Gasteiger charge is -2.13. The molecule has 92 valence electrons. The molecule has 0 amide bonds. The van der Waals surface area contributed by atoms with Crippen LogP contribution in [0.25, 0.3) is 0 Å². The predicted molar refractivity (Wildman–Crippen MR) is 65.3 cm³/mol. The predicted octanol–water partition coefficient (Wildman–Crippen LogP) is 2.49. The van der Waals surface area contributed by atoms with Crippen LogP contribution in [-0.4, -0.2) is 24.2 Å². The smallest absolute Gasteiger partial charge is 0.274 e. The minimum Gasteiger partial charge on any atom is -0.382 e. The molecule has 1 heterocycles. The molecular formula is C12H16N2O3. The number of nitrogens with zero attached hydrogens (tertiary/aromatic N) is 1. The highest BCUT2D eigenvalue weighted by Gasteiger charge is 2.17. The van der Waals surface area contributed by atoms with Crippen molar-refractivity contribution in [2.45, 2.75) is 25.9 Å². The Morgan fingerprint density at radius 1 is 1.59 bits per heavy atom. The molecule has 1 atom stereocenters. The normalized spacial score (nSPS) is 19.2. The molecule has 1 aromatic carbocycles. The van der Waals surface area contributed by atoms with Gasteiger partial charge in [-0.3, -0.25) is 10.1 Å². The Hall–Kier alpha value is -1.62. The van der Waals surface area contributed by atoms with Gasteiger partial charge in [-0.25, -0.2) is 0 Å². The summed E-state index contributed by atoms with van der Waals surface area (Å²) in [5.74, 6) is 0. The van der Waals surface area contributed by atoms with Crippen LogP contribution < -0.4 is 5.32 Å². The molecule has 5 heteroatoms. The summed E-state index contributed by atoms with van der Waals surface area (Å²) in [7, 11) is 0. The molecule has 1 aromatic rings. The van der Waals surface area contributed by atoms with Crippen molar-refractivity contribution in [3.8, 4) is 0 Å². The van der Waals surface area contributed by atoms with E-state index in [-0.39, 0.29) is 16.7 Å². The van der Waals surface area contributed by atoms with Crippen molar-refractivity contribution in [2.75, 3.05) is 18.5 Å². The standard InChI is InChI=1S/C12H16N2O3/c1-9-11(5-2-6-12(9)14(15)16)13-8-10-4-3-7-17-10/h2,5-6,10,13H,3-4,7-8H2,1H3. The van der Waals surface area contributed by atoms with Crippen LogP contribution in [0.1, 0.15) is 18.4 Å². The van der Waals surface area contributed by atoms with Gasteiger partial charge >= 0.3 is 0 Å². The second-order valence-electron chi connectivity index (χ2n) is 4.22. The number of benzene rings is 1. The van der Waals surface area contributed by atoms with Crippen molar-refractivity contribution < 1.29 is 9.66 Å². The van der Waals surface area contributed by atoms with Crippen LogP contribution in [0, 0.1) is 17.0 Å². The first-order chi connectivity index (χ1) is 8.18. The summed E-state index contributed by atoms with van der Waals surface area (Å²) in [5, 5.41) is 14.0. The molecule has 0 aliphatic carbocycles. The van der Waals surface area contributed by atoms with Gasteiger partial charge in [0, 0.05) is 30.5 Å². The molecule has 1 fully saturated rings.